The number of anilines is 2. The lowest BCUT2D eigenvalue weighted by molar-refractivity contribution is -0.385. The van der Waals surface area contributed by atoms with E-state index in [-0.39, 0.29) is 30.5 Å². The second-order valence-corrected chi connectivity index (χ2v) is 7.56. The van der Waals surface area contributed by atoms with Gasteiger partial charge in [-0.2, -0.15) is 0 Å². The summed E-state index contributed by atoms with van der Waals surface area (Å²) in [4.78, 5) is 36.9. The number of carbonyl (C=O) groups is 2. The molecule has 2 amide bonds. The first kappa shape index (κ1) is 23.0. The van der Waals surface area contributed by atoms with Crippen LogP contribution in [0.3, 0.4) is 0 Å². The zero-order chi connectivity index (χ0) is 22.4. The van der Waals surface area contributed by atoms with Gasteiger partial charge in [0.15, 0.2) is 0 Å². The molecule has 0 aliphatic heterocycles. The van der Waals surface area contributed by atoms with E-state index in [1.165, 1.54) is 12.1 Å². The number of benzene rings is 2. The average Bonchev–Trinajstić information content (AvgIpc) is 2.64. The third kappa shape index (κ3) is 6.12. The minimum absolute atomic E-state index is 0.0386. The van der Waals surface area contributed by atoms with Crippen LogP contribution < -0.4 is 10.6 Å². The second kappa shape index (κ2) is 9.98. The van der Waals surface area contributed by atoms with Crippen LogP contribution in [0.15, 0.2) is 30.3 Å². The van der Waals surface area contributed by atoms with Crippen molar-refractivity contribution in [3.8, 4) is 0 Å². The Balaban J connectivity index is 1.87. The van der Waals surface area contributed by atoms with Crippen LogP contribution in [-0.4, -0.2) is 41.8 Å². The Morgan fingerprint density at radius 2 is 1.67 bits per heavy atom. The van der Waals surface area contributed by atoms with E-state index in [2.05, 4.69) is 10.6 Å². The number of likely N-dealkylation sites (N-methyl/N-ethyl adjacent to an activating group) is 1. The summed E-state index contributed by atoms with van der Waals surface area (Å²) in [6.45, 7) is 8.05. The number of rotatable bonds is 8. The maximum absolute atomic E-state index is 12.4. The van der Waals surface area contributed by atoms with Crippen LogP contribution in [0, 0.1) is 37.8 Å². The predicted octanol–water partition coefficient (Wildman–Crippen LogP) is 3.73. The Hall–Kier alpha value is -3.26. The molecular weight excluding hydrogens is 384 g/mol. The minimum Gasteiger partial charge on any atom is -0.326 e. The van der Waals surface area contributed by atoms with Crippen molar-refractivity contribution >= 4 is 28.9 Å². The van der Waals surface area contributed by atoms with Crippen molar-refractivity contribution in [3.63, 3.8) is 0 Å². The van der Waals surface area contributed by atoms with E-state index in [0.717, 1.165) is 22.4 Å². The highest BCUT2D eigenvalue weighted by Gasteiger charge is 2.16. The first-order valence-electron chi connectivity index (χ1n) is 9.68. The largest absolute Gasteiger partial charge is 0.326 e. The number of carbonyl (C=O) groups excluding carboxylic acids is 2. The van der Waals surface area contributed by atoms with E-state index < -0.39 is 4.92 Å². The van der Waals surface area contributed by atoms with Gasteiger partial charge < -0.3 is 10.6 Å². The molecule has 0 aliphatic rings. The van der Waals surface area contributed by atoms with E-state index in [1.807, 2.05) is 32.9 Å². The lowest BCUT2D eigenvalue weighted by atomic mass is 10.1. The summed E-state index contributed by atoms with van der Waals surface area (Å²) in [5.74, 6) is -0.418. The normalized spacial score (nSPS) is 10.7. The number of nitrogens with zero attached hydrogens (tertiary/aromatic N) is 2. The van der Waals surface area contributed by atoms with Gasteiger partial charge in [0.1, 0.15) is 0 Å². The molecule has 0 aromatic heterocycles. The minimum atomic E-state index is -0.477. The van der Waals surface area contributed by atoms with Crippen LogP contribution >= 0.6 is 0 Å². The predicted molar refractivity (Wildman–Crippen MR) is 118 cm³/mol. The Morgan fingerprint density at radius 3 is 2.27 bits per heavy atom. The molecule has 2 N–H and O–H groups in total. The Bertz CT molecular complexity index is 949. The van der Waals surface area contributed by atoms with Crippen LogP contribution in [0.1, 0.15) is 28.7 Å². The second-order valence-electron chi connectivity index (χ2n) is 7.56. The fourth-order valence-electron chi connectivity index (χ4n) is 3.34. The van der Waals surface area contributed by atoms with Gasteiger partial charge in [0.25, 0.3) is 5.69 Å². The number of hydrogen-bond donors (Lipinski definition) is 2. The molecule has 0 bridgehead atoms. The highest BCUT2D eigenvalue weighted by Crippen LogP contribution is 2.25. The Morgan fingerprint density at radius 1 is 1.03 bits per heavy atom. The van der Waals surface area contributed by atoms with E-state index in [1.54, 1.807) is 24.9 Å². The SMILES string of the molecule is Cc1cc(C)c(NC(=O)CN(C)CCC(=O)Nc2cccc([N+](=O)[O-])c2C)c(C)c1. The van der Waals surface area contributed by atoms with Crippen LogP contribution in [0.4, 0.5) is 17.1 Å². The highest BCUT2D eigenvalue weighted by molar-refractivity contribution is 5.94. The number of amides is 2. The molecule has 2 aromatic carbocycles. The van der Waals surface area contributed by atoms with Crippen LogP contribution in [0.25, 0.3) is 0 Å². The summed E-state index contributed by atoms with van der Waals surface area (Å²) in [5.41, 5.74) is 4.77. The summed E-state index contributed by atoms with van der Waals surface area (Å²) in [7, 11) is 1.76. The topological polar surface area (TPSA) is 105 Å². The maximum atomic E-state index is 12.4. The van der Waals surface area contributed by atoms with Crippen LogP contribution in [0.2, 0.25) is 0 Å². The molecule has 2 aromatic rings. The molecule has 0 atom stereocenters. The van der Waals surface area contributed by atoms with Gasteiger partial charge in [-0.15, -0.1) is 0 Å². The van der Waals surface area contributed by atoms with E-state index in [9.17, 15) is 19.7 Å². The molecule has 0 unspecified atom stereocenters. The molecular formula is C22H28N4O4. The quantitative estimate of drug-likeness (QED) is 0.508. The zero-order valence-corrected chi connectivity index (χ0v) is 18.0. The summed E-state index contributed by atoms with van der Waals surface area (Å²) in [5, 5.41) is 16.7. The van der Waals surface area contributed by atoms with Crippen molar-refractivity contribution in [3.05, 3.63) is 62.7 Å². The van der Waals surface area contributed by atoms with Gasteiger partial charge in [0.05, 0.1) is 22.7 Å². The van der Waals surface area contributed by atoms with Gasteiger partial charge in [0, 0.05) is 24.7 Å². The molecule has 0 spiro atoms. The fraction of sp³-hybridized carbons (Fsp3) is 0.364. The summed E-state index contributed by atoms with van der Waals surface area (Å²) in [6.07, 6.45) is 0.161. The first-order valence-corrected chi connectivity index (χ1v) is 9.68. The number of hydrogen-bond acceptors (Lipinski definition) is 5. The molecule has 0 radical (unpaired) electrons. The molecule has 0 saturated heterocycles. The standard InChI is InChI=1S/C22H28N4O4/c1-14-11-15(2)22(16(3)12-14)24-21(28)13-25(5)10-9-20(27)23-18-7-6-8-19(17(18)4)26(29)30/h6-8,11-12H,9-10,13H2,1-5H3,(H,23,27)(H,24,28). The smallest absolute Gasteiger partial charge is 0.274 e. The Kier molecular flexibility index (Phi) is 7.66. The number of nitro groups is 1. The van der Waals surface area contributed by atoms with Gasteiger partial charge in [-0.25, -0.2) is 0 Å². The molecule has 0 heterocycles. The monoisotopic (exact) mass is 412 g/mol. The summed E-state index contributed by atoms with van der Waals surface area (Å²) >= 11 is 0. The molecule has 0 saturated carbocycles. The molecule has 30 heavy (non-hydrogen) atoms. The molecule has 160 valence electrons. The highest BCUT2D eigenvalue weighted by atomic mass is 16.6. The van der Waals surface area contributed by atoms with Crippen molar-refractivity contribution in [2.75, 3.05) is 30.8 Å². The third-order valence-corrected chi connectivity index (χ3v) is 4.85. The first-order chi connectivity index (χ1) is 14.1. The van der Waals surface area contributed by atoms with E-state index in [4.69, 9.17) is 0 Å². The number of nitro benzene ring substituents is 1. The van der Waals surface area contributed by atoms with Gasteiger partial charge >= 0.3 is 0 Å². The lowest BCUT2D eigenvalue weighted by Crippen LogP contribution is -2.32. The van der Waals surface area contributed by atoms with Crippen molar-refractivity contribution in [2.24, 2.45) is 0 Å². The molecule has 8 heteroatoms. The van der Waals surface area contributed by atoms with Crippen molar-refractivity contribution < 1.29 is 14.5 Å². The van der Waals surface area contributed by atoms with Gasteiger partial charge in [-0.3, -0.25) is 24.6 Å². The number of aryl methyl sites for hydroxylation is 3. The number of nitrogens with one attached hydrogen (secondary N) is 2. The maximum Gasteiger partial charge on any atom is 0.274 e. The summed E-state index contributed by atoms with van der Waals surface area (Å²) in [6, 6.07) is 8.60. The fourth-order valence-corrected chi connectivity index (χ4v) is 3.34. The van der Waals surface area contributed by atoms with Crippen LogP contribution in [0.5, 0.6) is 0 Å². The lowest BCUT2D eigenvalue weighted by Gasteiger charge is -2.18. The van der Waals surface area contributed by atoms with Gasteiger partial charge in [0.2, 0.25) is 11.8 Å². The van der Waals surface area contributed by atoms with Gasteiger partial charge in [-0.1, -0.05) is 23.8 Å². The molecule has 8 nitrogen and oxygen atoms in total. The average molecular weight is 412 g/mol. The molecule has 2 rings (SSSR count). The Labute approximate surface area is 176 Å². The van der Waals surface area contributed by atoms with Crippen molar-refractivity contribution in [1.82, 2.24) is 4.90 Å². The summed E-state index contributed by atoms with van der Waals surface area (Å²) < 4.78 is 0. The van der Waals surface area contributed by atoms with E-state index in [0.29, 0.717) is 17.8 Å². The van der Waals surface area contributed by atoms with Gasteiger partial charge in [-0.05, 0) is 51.9 Å². The molecule has 0 aliphatic carbocycles. The molecule has 0 fully saturated rings. The van der Waals surface area contributed by atoms with Crippen molar-refractivity contribution in [1.29, 1.82) is 0 Å². The van der Waals surface area contributed by atoms with Crippen LogP contribution in [-0.2, 0) is 9.59 Å². The third-order valence-electron chi connectivity index (χ3n) is 4.85. The zero-order valence-electron chi connectivity index (χ0n) is 18.0. The van der Waals surface area contributed by atoms with Crippen molar-refractivity contribution in [2.45, 2.75) is 34.1 Å². The van der Waals surface area contributed by atoms with E-state index >= 15 is 0 Å².